The summed E-state index contributed by atoms with van der Waals surface area (Å²) in [5.74, 6) is 0.0525. The highest BCUT2D eigenvalue weighted by Crippen LogP contribution is 2.49. The molecule has 0 bridgehead atoms. The summed E-state index contributed by atoms with van der Waals surface area (Å²) in [5, 5.41) is 1.37. The Kier molecular flexibility index (Phi) is 5.84. The van der Waals surface area contributed by atoms with E-state index in [4.69, 9.17) is 39.5 Å². The second kappa shape index (κ2) is 8.16. The molecule has 0 fully saturated rings. The number of rotatable bonds is 3. The van der Waals surface area contributed by atoms with Crippen LogP contribution in [0.3, 0.4) is 0 Å². The summed E-state index contributed by atoms with van der Waals surface area (Å²) in [6.07, 6.45) is 1.14. The maximum Gasteiger partial charge on any atom is 0.232 e. The topological polar surface area (TPSA) is 46.6 Å². The number of halogens is 3. The van der Waals surface area contributed by atoms with Crippen LogP contribution in [0.5, 0.6) is 5.75 Å². The molecule has 1 unspecified atom stereocenters. The molecule has 1 heterocycles. The molecule has 4 rings (SSSR count). The highest BCUT2D eigenvalue weighted by atomic mass is 35.5. The molecule has 1 amide bonds. The van der Waals surface area contributed by atoms with Gasteiger partial charge in [0.2, 0.25) is 5.91 Å². The molecule has 31 heavy (non-hydrogen) atoms. The molecular weight excluding hydrogens is 457 g/mol. The normalized spacial score (nSPS) is 20.7. The number of ketones is 1. The van der Waals surface area contributed by atoms with E-state index >= 15 is 0 Å². The lowest BCUT2D eigenvalue weighted by Gasteiger charge is -2.43. The second-order valence-electron chi connectivity index (χ2n) is 8.77. The predicted octanol–water partition coefficient (Wildman–Crippen LogP) is 6.82. The van der Waals surface area contributed by atoms with Gasteiger partial charge in [-0.05, 0) is 47.7 Å². The average molecular weight is 479 g/mol. The van der Waals surface area contributed by atoms with Crippen LogP contribution in [0.1, 0.15) is 44.6 Å². The SMILES string of the molecule is COc1ccc(N2C(=O)CC(c3ccc(Cl)cc3Cl)C3=C2CC(C)(C)CC3=O)cc1Cl. The molecule has 2 aromatic carbocycles. The van der Waals surface area contributed by atoms with Crippen molar-refractivity contribution in [2.75, 3.05) is 12.0 Å². The van der Waals surface area contributed by atoms with Gasteiger partial charge in [-0.3, -0.25) is 14.5 Å². The van der Waals surface area contributed by atoms with Crippen LogP contribution < -0.4 is 9.64 Å². The standard InChI is InChI=1S/C24H22Cl3NO3/c1-24(2)11-19-23(20(29)12-24)16(15-6-4-13(25)8-17(15)26)10-22(30)28(19)14-5-7-21(31-3)18(27)9-14/h4-9,16H,10-12H2,1-3H3. The van der Waals surface area contributed by atoms with E-state index in [1.807, 2.05) is 13.8 Å². The first-order valence-corrected chi connectivity index (χ1v) is 11.1. The number of hydrogen-bond acceptors (Lipinski definition) is 3. The van der Waals surface area contributed by atoms with Crippen LogP contribution in [0.4, 0.5) is 5.69 Å². The van der Waals surface area contributed by atoms with Crippen molar-refractivity contribution in [3.8, 4) is 5.75 Å². The fraction of sp³-hybridized carbons (Fsp3) is 0.333. The number of allylic oxidation sites excluding steroid dienone is 2. The second-order valence-corrected chi connectivity index (χ2v) is 10.0. The summed E-state index contributed by atoms with van der Waals surface area (Å²) in [7, 11) is 1.54. The molecule has 1 aliphatic heterocycles. The third-order valence-corrected chi connectivity index (χ3v) is 6.73. The number of methoxy groups -OCH3 is 1. The molecular formula is C24H22Cl3NO3. The molecule has 0 spiro atoms. The Morgan fingerprint density at radius 1 is 1.00 bits per heavy atom. The van der Waals surface area contributed by atoms with E-state index in [1.165, 1.54) is 7.11 Å². The molecule has 1 atom stereocenters. The lowest BCUT2D eigenvalue weighted by molar-refractivity contribution is -0.121. The number of benzene rings is 2. The van der Waals surface area contributed by atoms with E-state index in [9.17, 15) is 9.59 Å². The molecule has 2 aromatic rings. The fourth-order valence-corrected chi connectivity index (χ4v) is 5.35. The van der Waals surface area contributed by atoms with Crippen molar-refractivity contribution in [2.45, 2.75) is 39.0 Å². The smallest absolute Gasteiger partial charge is 0.232 e. The van der Waals surface area contributed by atoms with Gasteiger partial charge < -0.3 is 4.74 Å². The van der Waals surface area contributed by atoms with Crippen LogP contribution in [0.25, 0.3) is 0 Å². The predicted molar refractivity (Wildman–Crippen MR) is 124 cm³/mol. The van der Waals surface area contributed by atoms with Crippen LogP contribution in [-0.4, -0.2) is 18.8 Å². The number of amides is 1. The zero-order chi connectivity index (χ0) is 22.5. The minimum atomic E-state index is -0.402. The van der Waals surface area contributed by atoms with Gasteiger partial charge >= 0.3 is 0 Å². The van der Waals surface area contributed by atoms with Crippen molar-refractivity contribution in [1.29, 1.82) is 0 Å². The van der Waals surface area contributed by atoms with Crippen molar-refractivity contribution >= 4 is 52.2 Å². The van der Waals surface area contributed by atoms with E-state index in [0.29, 0.717) is 44.9 Å². The number of ether oxygens (including phenoxy) is 1. The molecule has 0 saturated heterocycles. The number of hydrogen-bond donors (Lipinski definition) is 0. The van der Waals surface area contributed by atoms with E-state index in [2.05, 4.69) is 0 Å². The zero-order valence-corrected chi connectivity index (χ0v) is 19.7. The first-order valence-electron chi connectivity index (χ1n) is 9.99. The molecule has 4 nitrogen and oxygen atoms in total. The third-order valence-electron chi connectivity index (χ3n) is 5.87. The Morgan fingerprint density at radius 2 is 1.74 bits per heavy atom. The number of Topliss-reactive ketones (excluding diaryl/α,β-unsaturated/α-hetero) is 1. The highest BCUT2D eigenvalue weighted by Gasteiger charge is 2.44. The Bertz CT molecular complexity index is 1120. The Labute approximate surface area is 196 Å². The Hall–Kier alpha value is -2.01. The summed E-state index contributed by atoms with van der Waals surface area (Å²) < 4.78 is 5.24. The van der Waals surface area contributed by atoms with E-state index in [-0.39, 0.29) is 23.5 Å². The van der Waals surface area contributed by atoms with Crippen molar-refractivity contribution in [3.63, 3.8) is 0 Å². The minimum absolute atomic E-state index is 0.0411. The largest absolute Gasteiger partial charge is 0.495 e. The van der Waals surface area contributed by atoms with Crippen molar-refractivity contribution in [2.24, 2.45) is 5.41 Å². The summed E-state index contributed by atoms with van der Waals surface area (Å²) in [5.41, 5.74) is 2.46. The van der Waals surface area contributed by atoms with Gasteiger partial charge in [0.15, 0.2) is 5.78 Å². The van der Waals surface area contributed by atoms with Gasteiger partial charge in [-0.1, -0.05) is 54.7 Å². The summed E-state index contributed by atoms with van der Waals surface area (Å²) in [4.78, 5) is 28.4. The van der Waals surface area contributed by atoms with Crippen molar-refractivity contribution in [3.05, 3.63) is 68.3 Å². The minimum Gasteiger partial charge on any atom is -0.495 e. The van der Waals surface area contributed by atoms with Crippen LogP contribution in [0, 0.1) is 5.41 Å². The third kappa shape index (κ3) is 4.09. The van der Waals surface area contributed by atoms with Gasteiger partial charge in [-0.2, -0.15) is 0 Å². The summed E-state index contributed by atoms with van der Waals surface area (Å²) in [6.45, 7) is 4.08. The number of anilines is 1. The number of carbonyl (C=O) groups is 2. The maximum atomic E-state index is 13.4. The van der Waals surface area contributed by atoms with Crippen LogP contribution in [-0.2, 0) is 9.59 Å². The van der Waals surface area contributed by atoms with Crippen LogP contribution in [0.15, 0.2) is 47.7 Å². The van der Waals surface area contributed by atoms with E-state index in [0.717, 1.165) is 11.3 Å². The monoisotopic (exact) mass is 477 g/mol. The van der Waals surface area contributed by atoms with Gasteiger partial charge in [0, 0.05) is 40.1 Å². The van der Waals surface area contributed by atoms with E-state index < -0.39 is 5.92 Å². The van der Waals surface area contributed by atoms with Gasteiger partial charge in [-0.25, -0.2) is 0 Å². The highest BCUT2D eigenvalue weighted by molar-refractivity contribution is 6.35. The first kappa shape index (κ1) is 22.2. The molecule has 7 heteroatoms. The molecule has 0 aromatic heterocycles. The zero-order valence-electron chi connectivity index (χ0n) is 17.5. The summed E-state index contributed by atoms with van der Waals surface area (Å²) >= 11 is 18.9. The van der Waals surface area contributed by atoms with Gasteiger partial charge in [0.25, 0.3) is 0 Å². The average Bonchev–Trinajstić information content (AvgIpc) is 2.66. The number of carbonyl (C=O) groups excluding carboxylic acids is 2. The lowest BCUT2D eigenvalue weighted by Crippen LogP contribution is -2.43. The van der Waals surface area contributed by atoms with Crippen LogP contribution >= 0.6 is 34.8 Å². The lowest BCUT2D eigenvalue weighted by atomic mass is 9.69. The van der Waals surface area contributed by atoms with Crippen molar-refractivity contribution in [1.82, 2.24) is 0 Å². The first-order chi connectivity index (χ1) is 14.6. The molecule has 162 valence electrons. The van der Waals surface area contributed by atoms with Crippen molar-refractivity contribution < 1.29 is 14.3 Å². The number of nitrogens with zero attached hydrogens (tertiary/aromatic N) is 1. The van der Waals surface area contributed by atoms with Gasteiger partial charge in [-0.15, -0.1) is 0 Å². The van der Waals surface area contributed by atoms with Crippen LogP contribution in [0.2, 0.25) is 15.1 Å². The molecule has 0 radical (unpaired) electrons. The van der Waals surface area contributed by atoms with Gasteiger partial charge in [0.1, 0.15) is 5.75 Å². The Morgan fingerprint density at radius 3 is 2.39 bits per heavy atom. The molecule has 0 N–H and O–H groups in total. The van der Waals surface area contributed by atoms with E-state index in [1.54, 1.807) is 41.3 Å². The molecule has 2 aliphatic rings. The maximum absolute atomic E-state index is 13.4. The Balaban J connectivity index is 1.90. The fourth-order valence-electron chi connectivity index (χ4n) is 4.56. The molecule has 0 saturated carbocycles. The molecule has 1 aliphatic carbocycles. The quantitative estimate of drug-likeness (QED) is 0.486. The summed E-state index contributed by atoms with van der Waals surface area (Å²) in [6, 6.07) is 10.4. The van der Waals surface area contributed by atoms with Gasteiger partial charge in [0.05, 0.1) is 17.8 Å².